The molecule has 0 aliphatic carbocycles. The second-order valence-corrected chi connectivity index (χ2v) is 6.33. The Labute approximate surface area is 157 Å². The van der Waals surface area contributed by atoms with Crippen LogP contribution >= 0.6 is 0 Å². The van der Waals surface area contributed by atoms with E-state index < -0.39 is 0 Å². The van der Waals surface area contributed by atoms with Crippen LogP contribution in [0.1, 0.15) is 27.2 Å². The van der Waals surface area contributed by atoms with Crippen molar-refractivity contribution in [2.45, 2.75) is 20.3 Å². The molecular formula is C21H21FN4O. The number of amides is 1. The molecule has 0 saturated carbocycles. The first-order chi connectivity index (χ1) is 13.0. The predicted octanol–water partition coefficient (Wildman–Crippen LogP) is 4.14. The highest BCUT2D eigenvalue weighted by Gasteiger charge is 2.10. The van der Waals surface area contributed by atoms with Crippen molar-refractivity contribution < 1.29 is 9.18 Å². The van der Waals surface area contributed by atoms with Gasteiger partial charge in [0, 0.05) is 12.2 Å². The molecule has 0 aliphatic rings. The van der Waals surface area contributed by atoms with Crippen LogP contribution in [0.2, 0.25) is 0 Å². The van der Waals surface area contributed by atoms with Gasteiger partial charge in [0.05, 0.1) is 12.4 Å². The summed E-state index contributed by atoms with van der Waals surface area (Å²) < 4.78 is 13.6. The third kappa shape index (κ3) is 4.88. The summed E-state index contributed by atoms with van der Waals surface area (Å²) in [5, 5.41) is 5.93. The van der Waals surface area contributed by atoms with Gasteiger partial charge in [0.15, 0.2) is 0 Å². The van der Waals surface area contributed by atoms with E-state index in [0.29, 0.717) is 24.3 Å². The summed E-state index contributed by atoms with van der Waals surface area (Å²) in [6, 6.07) is 12.5. The molecule has 0 fully saturated rings. The Morgan fingerprint density at radius 1 is 1.07 bits per heavy atom. The number of hydrogen-bond acceptors (Lipinski definition) is 4. The normalized spacial score (nSPS) is 10.5. The van der Waals surface area contributed by atoms with Gasteiger partial charge in [-0.1, -0.05) is 30.3 Å². The molecule has 2 N–H and O–H groups in total. The number of carbonyl (C=O) groups excluding carboxylic acids is 1. The van der Waals surface area contributed by atoms with Crippen molar-refractivity contribution >= 4 is 17.4 Å². The Balaban J connectivity index is 1.57. The summed E-state index contributed by atoms with van der Waals surface area (Å²) in [7, 11) is 0. The van der Waals surface area contributed by atoms with E-state index >= 15 is 0 Å². The van der Waals surface area contributed by atoms with Gasteiger partial charge < -0.3 is 10.6 Å². The lowest BCUT2D eigenvalue weighted by Gasteiger charge is -2.09. The molecule has 6 heteroatoms. The summed E-state index contributed by atoms with van der Waals surface area (Å²) in [4.78, 5) is 20.7. The average molecular weight is 364 g/mol. The highest BCUT2D eigenvalue weighted by atomic mass is 19.1. The number of aryl methyl sites for hydroxylation is 2. The SMILES string of the molecule is Cc1ccc(C)c(NC(=O)c2cnc(NCCc3ccccc3F)cn2)c1. The Hall–Kier alpha value is -3.28. The lowest BCUT2D eigenvalue weighted by molar-refractivity contribution is 0.102. The van der Waals surface area contributed by atoms with Gasteiger partial charge in [0.25, 0.3) is 5.91 Å². The molecule has 3 rings (SSSR count). The third-order valence-electron chi connectivity index (χ3n) is 4.18. The molecule has 0 spiro atoms. The van der Waals surface area contributed by atoms with E-state index in [1.807, 2.05) is 38.1 Å². The zero-order valence-corrected chi connectivity index (χ0v) is 15.3. The quantitative estimate of drug-likeness (QED) is 0.690. The zero-order valence-electron chi connectivity index (χ0n) is 15.3. The molecule has 1 aromatic heterocycles. The second kappa shape index (κ2) is 8.40. The Morgan fingerprint density at radius 2 is 1.89 bits per heavy atom. The van der Waals surface area contributed by atoms with E-state index in [0.717, 1.165) is 16.8 Å². The largest absolute Gasteiger partial charge is 0.368 e. The van der Waals surface area contributed by atoms with E-state index in [1.165, 1.54) is 18.5 Å². The summed E-state index contributed by atoms with van der Waals surface area (Å²) in [5.74, 6) is 0.00702. The predicted molar refractivity (Wildman–Crippen MR) is 104 cm³/mol. The highest BCUT2D eigenvalue weighted by molar-refractivity contribution is 6.03. The number of hydrogen-bond donors (Lipinski definition) is 2. The fraction of sp³-hybridized carbons (Fsp3) is 0.190. The molecule has 1 heterocycles. The number of nitrogens with one attached hydrogen (secondary N) is 2. The van der Waals surface area contributed by atoms with Crippen LogP contribution in [0.4, 0.5) is 15.9 Å². The zero-order chi connectivity index (χ0) is 19.2. The van der Waals surface area contributed by atoms with Crippen molar-refractivity contribution in [1.82, 2.24) is 9.97 Å². The molecular weight excluding hydrogens is 343 g/mol. The minimum Gasteiger partial charge on any atom is -0.368 e. The number of halogens is 1. The van der Waals surface area contributed by atoms with E-state index in [9.17, 15) is 9.18 Å². The molecule has 0 unspecified atom stereocenters. The fourth-order valence-electron chi connectivity index (χ4n) is 2.62. The van der Waals surface area contributed by atoms with Gasteiger partial charge in [0.2, 0.25) is 0 Å². The minimum atomic E-state index is -0.311. The summed E-state index contributed by atoms with van der Waals surface area (Å²) in [5.41, 5.74) is 3.68. The Morgan fingerprint density at radius 3 is 2.63 bits per heavy atom. The van der Waals surface area contributed by atoms with Crippen LogP contribution in [0.15, 0.2) is 54.9 Å². The van der Waals surface area contributed by atoms with Crippen LogP contribution in [0.25, 0.3) is 0 Å². The van der Waals surface area contributed by atoms with Gasteiger partial charge >= 0.3 is 0 Å². The standard InChI is InChI=1S/C21H21FN4O/c1-14-7-8-15(2)18(11-14)26-21(27)19-12-25-20(13-24-19)23-10-9-16-5-3-4-6-17(16)22/h3-8,11-13H,9-10H2,1-2H3,(H,23,25)(H,26,27). The van der Waals surface area contributed by atoms with Gasteiger partial charge in [-0.15, -0.1) is 0 Å². The van der Waals surface area contributed by atoms with Crippen molar-refractivity contribution in [3.05, 3.63) is 83.1 Å². The molecule has 0 aliphatic heterocycles. The van der Waals surface area contributed by atoms with Crippen LogP contribution in [-0.2, 0) is 6.42 Å². The van der Waals surface area contributed by atoms with Crippen molar-refractivity contribution in [1.29, 1.82) is 0 Å². The van der Waals surface area contributed by atoms with Crippen LogP contribution in [-0.4, -0.2) is 22.4 Å². The maximum absolute atomic E-state index is 13.6. The molecule has 0 bridgehead atoms. The van der Waals surface area contributed by atoms with E-state index in [1.54, 1.807) is 12.1 Å². The number of aromatic nitrogens is 2. The fourth-order valence-corrected chi connectivity index (χ4v) is 2.62. The monoisotopic (exact) mass is 364 g/mol. The minimum absolute atomic E-state index is 0.219. The molecule has 3 aromatic rings. The summed E-state index contributed by atoms with van der Waals surface area (Å²) in [6.07, 6.45) is 3.45. The van der Waals surface area contributed by atoms with Crippen molar-refractivity contribution in [3.8, 4) is 0 Å². The number of anilines is 2. The smallest absolute Gasteiger partial charge is 0.275 e. The topological polar surface area (TPSA) is 66.9 Å². The molecule has 1 amide bonds. The summed E-state index contributed by atoms with van der Waals surface area (Å²) >= 11 is 0. The molecule has 2 aromatic carbocycles. The Bertz CT molecular complexity index is 941. The van der Waals surface area contributed by atoms with Crippen LogP contribution in [0.5, 0.6) is 0 Å². The molecule has 0 atom stereocenters. The maximum Gasteiger partial charge on any atom is 0.275 e. The van der Waals surface area contributed by atoms with E-state index in [4.69, 9.17) is 0 Å². The maximum atomic E-state index is 13.6. The van der Waals surface area contributed by atoms with Crippen molar-refractivity contribution in [2.75, 3.05) is 17.2 Å². The van der Waals surface area contributed by atoms with Crippen LogP contribution < -0.4 is 10.6 Å². The Kier molecular flexibility index (Phi) is 5.76. The molecule has 0 saturated heterocycles. The van der Waals surface area contributed by atoms with Gasteiger partial charge in [-0.05, 0) is 49.1 Å². The number of carbonyl (C=O) groups is 1. The van der Waals surface area contributed by atoms with Crippen LogP contribution in [0, 0.1) is 19.7 Å². The first kappa shape index (κ1) is 18.5. The lowest BCUT2D eigenvalue weighted by atomic mass is 10.1. The second-order valence-electron chi connectivity index (χ2n) is 6.33. The van der Waals surface area contributed by atoms with Gasteiger partial charge in [-0.2, -0.15) is 0 Å². The number of nitrogens with zero attached hydrogens (tertiary/aromatic N) is 2. The van der Waals surface area contributed by atoms with E-state index in [2.05, 4.69) is 20.6 Å². The van der Waals surface area contributed by atoms with Gasteiger partial charge in [-0.25, -0.2) is 14.4 Å². The molecule has 138 valence electrons. The first-order valence-corrected chi connectivity index (χ1v) is 8.71. The molecule has 27 heavy (non-hydrogen) atoms. The first-order valence-electron chi connectivity index (χ1n) is 8.71. The highest BCUT2D eigenvalue weighted by Crippen LogP contribution is 2.17. The molecule has 0 radical (unpaired) electrons. The number of rotatable bonds is 6. The van der Waals surface area contributed by atoms with Crippen molar-refractivity contribution in [2.24, 2.45) is 0 Å². The average Bonchev–Trinajstić information content (AvgIpc) is 2.67. The van der Waals surface area contributed by atoms with Gasteiger partial charge in [-0.3, -0.25) is 4.79 Å². The van der Waals surface area contributed by atoms with E-state index in [-0.39, 0.29) is 17.4 Å². The summed E-state index contributed by atoms with van der Waals surface area (Å²) in [6.45, 7) is 4.42. The molecule has 5 nitrogen and oxygen atoms in total. The number of benzene rings is 2. The van der Waals surface area contributed by atoms with Crippen molar-refractivity contribution in [3.63, 3.8) is 0 Å². The van der Waals surface area contributed by atoms with Gasteiger partial charge in [0.1, 0.15) is 17.3 Å². The van der Waals surface area contributed by atoms with Crippen LogP contribution in [0.3, 0.4) is 0 Å². The lowest BCUT2D eigenvalue weighted by Crippen LogP contribution is -2.15. The third-order valence-corrected chi connectivity index (χ3v) is 4.18.